The molecule has 1 saturated heterocycles. The molecule has 0 saturated carbocycles. The molecule has 166 valence electrons. The molecule has 2 aromatic carbocycles. The minimum atomic E-state index is -0.757. The van der Waals surface area contributed by atoms with Crippen molar-refractivity contribution in [1.29, 1.82) is 0 Å². The Balaban J connectivity index is 1.53. The van der Waals surface area contributed by atoms with Gasteiger partial charge in [0.1, 0.15) is 11.3 Å². The van der Waals surface area contributed by atoms with E-state index in [-0.39, 0.29) is 17.8 Å². The van der Waals surface area contributed by atoms with E-state index in [4.69, 9.17) is 13.9 Å². The Morgan fingerprint density at radius 1 is 1.12 bits per heavy atom. The Morgan fingerprint density at radius 2 is 1.91 bits per heavy atom. The number of carbonyl (C=O) groups excluding carboxylic acids is 2. The molecule has 4 rings (SSSR count). The average Bonchev–Trinajstić information content (AvgIpc) is 2.82. The summed E-state index contributed by atoms with van der Waals surface area (Å²) in [6, 6.07) is 16.3. The van der Waals surface area contributed by atoms with Crippen LogP contribution in [-0.2, 0) is 14.3 Å². The molecule has 1 aliphatic rings. The third-order valence-electron chi connectivity index (χ3n) is 5.73. The van der Waals surface area contributed by atoms with E-state index < -0.39 is 11.7 Å². The van der Waals surface area contributed by atoms with Crippen LogP contribution in [0.4, 0.5) is 0 Å². The molecule has 7 nitrogen and oxygen atoms in total. The van der Waals surface area contributed by atoms with Gasteiger partial charge in [-0.15, -0.1) is 0 Å². The van der Waals surface area contributed by atoms with Crippen molar-refractivity contribution >= 4 is 22.8 Å². The number of carbonyl (C=O) groups is 2. The number of hydrogen-bond donors (Lipinski definition) is 0. The molecule has 0 bridgehead atoms. The summed E-state index contributed by atoms with van der Waals surface area (Å²) < 4.78 is 16.1. The van der Waals surface area contributed by atoms with Crippen LogP contribution < -0.4 is 10.4 Å². The van der Waals surface area contributed by atoms with Gasteiger partial charge < -0.3 is 18.8 Å². The zero-order valence-electron chi connectivity index (χ0n) is 18.1. The van der Waals surface area contributed by atoms with E-state index in [0.29, 0.717) is 30.8 Å². The number of hydrogen-bond acceptors (Lipinski definition) is 6. The molecule has 0 N–H and O–H groups in total. The Hall–Kier alpha value is -3.61. The summed E-state index contributed by atoms with van der Waals surface area (Å²) in [7, 11) is 1.36. The first-order valence-corrected chi connectivity index (χ1v) is 10.6. The Kier molecular flexibility index (Phi) is 6.25. The van der Waals surface area contributed by atoms with E-state index in [1.807, 2.05) is 36.4 Å². The molecule has 3 aromatic rings. The molecule has 2 atom stereocenters. The van der Waals surface area contributed by atoms with Crippen LogP contribution in [0.2, 0.25) is 0 Å². The summed E-state index contributed by atoms with van der Waals surface area (Å²) >= 11 is 0. The SMILES string of the molecule is COC(=O)[C@@H]1CCCN(C(=O)[C@@H](C)Oc2ccc3c(-c4ccccc4)cc(=O)oc3c2)C1. The van der Waals surface area contributed by atoms with Crippen LogP contribution in [0.3, 0.4) is 0 Å². The van der Waals surface area contributed by atoms with E-state index in [0.717, 1.165) is 22.9 Å². The Morgan fingerprint density at radius 3 is 2.66 bits per heavy atom. The number of ether oxygens (including phenoxy) is 2. The summed E-state index contributed by atoms with van der Waals surface area (Å²) in [5, 5.41) is 0.777. The van der Waals surface area contributed by atoms with Gasteiger partial charge in [-0.2, -0.15) is 0 Å². The molecule has 0 spiro atoms. The number of benzene rings is 2. The maximum atomic E-state index is 12.9. The van der Waals surface area contributed by atoms with Crippen LogP contribution in [0.15, 0.2) is 63.8 Å². The predicted molar refractivity (Wildman–Crippen MR) is 119 cm³/mol. The fraction of sp³-hybridized carbons (Fsp3) is 0.320. The number of rotatable bonds is 5. The Labute approximate surface area is 185 Å². The summed E-state index contributed by atoms with van der Waals surface area (Å²) in [4.78, 5) is 38.5. The molecule has 2 heterocycles. The third-order valence-corrected chi connectivity index (χ3v) is 5.73. The van der Waals surface area contributed by atoms with Crippen molar-refractivity contribution in [2.45, 2.75) is 25.9 Å². The molecule has 1 fully saturated rings. The lowest BCUT2D eigenvalue weighted by molar-refractivity contribution is -0.150. The number of likely N-dealkylation sites (tertiary alicyclic amines) is 1. The molecule has 0 unspecified atom stereocenters. The monoisotopic (exact) mass is 435 g/mol. The van der Waals surface area contributed by atoms with E-state index in [2.05, 4.69) is 0 Å². The molecule has 0 radical (unpaired) electrons. The van der Waals surface area contributed by atoms with Crippen molar-refractivity contribution in [3.05, 3.63) is 65.0 Å². The lowest BCUT2D eigenvalue weighted by Gasteiger charge is -2.33. The maximum absolute atomic E-state index is 12.9. The van der Waals surface area contributed by atoms with Crippen LogP contribution in [0.25, 0.3) is 22.1 Å². The quantitative estimate of drug-likeness (QED) is 0.449. The van der Waals surface area contributed by atoms with Crippen molar-refractivity contribution < 1.29 is 23.5 Å². The highest BCUT2D eigenvalue weighted by Gasteiger charge is 2.31. The highest BCUT2D eigenvalue weighted by atomic mass is 16.5. The number of nitrogens with zero attached hydrogens (tertiary/aromatic N) is 1. The Bertz CT molecular complexity index is 1190. The maximum Gasteiger partial charge on any atom is 0.336 e. The zero-order valence-corrected chi connectivity index (χ0v) is 18.1. The largest absolute Gasteiger partial charge is 0.481 e. The van der Waals surface area contributed by atoms with E-state index in [1.165, 1.54) is 13.2 Å². The van der Waals surface area contributed by atoms with E-state index in [9.17, 15) is 14.4 Å². The van der Waals surface area contributed by atoms with Gasteiger partial charge in [-0.3, -0.25) is 9.59 Å². The van der Waals surface area contributed by atoms with Crippen molar-refractivity contribution in [2.75, 3.05) is 20.2 Å². The van der Waals surface area contributed by atoms with Crippen molar-refractivity contribution in [3.8, 4) is 16.9 Å². The number of methoxy groups -OCH3 is 1. The van der Waals surface area contributed by atoms with Gasteiger partial charge in [0.2, 0.25) is 0 Å². The average molecular weight is 435 g/mol. The highest BCUT2D eigenvalue weighted by molar-refractivity contribution is 5.93. The molecule has 1 aromatic heterocycles. The van der Waals surface area contributed by atoms with Gasteiger partial charge in [0.25, 0.3) is 5.91 Å². The minimum Gasteiger partial charge on any atom is -0.481 e. The molecule has 1 aliphatic heterocycles. The fourth-order valence-electron chi connectivity index (χ4n) is 4.12. The van der Waals surface area contributed by atoms with Gasteiger partial charge in [0.15, 0.2) is 6.10 Å². The standard InChI is InChI=1S/C25H25NO6/c1-16(24(28)26-12-6-9-18(15-26)25(29)30-2)31-19-10-11-20-21(17-7-4-3-5-8-17)14-23(27)32-22(20)13-19/h3-5,7-8,10-11,13-14,16,18H,6,9,12,15H2,1-2H3/t16-,18-/m1/s1. The molecule has 1 amide bonds. The summed E-state index contributed by atoms with van der Waals surface area (Å²) in [6.07, 6.45) is 0.689. The van der Waals surface area contributed by atoms with Crippen LogP contribution in [-0.4, -0.2) is 43.1 Å². The second-order valence-corrected chi connectivity index (χ2v) is 7.91. The second-order valence-electron chi connectivity index (χ2n) is 7.91. The smallest absolute Gasteiger partial charge is 0.336 e. The fourth-order valence-corrected chi connectivity index (χ4v) is 4.12. The normalized spacial score (nSPS) is 17.1. The second kappa shape index (κ2) is 9.26. The number of fused-ring (bicyclic) bond motifs is 1. The van der Waals surface area contributed by atoms with Crippen LogP contribution in [0.1, 0.15) is 19.8 Å². The summed E-state index contributed by atoms with van der Waals surface area (Å²) in [5.74, 6) is -0.377. The van der Waals surface area contributed by atoms with Crippen LogP contribution >= 0.6 is 0 Å². The first-order chi connectivity index (χ1) is 15.5. The van der Waals surface area contributed by atoms with Gasteiger partial charge >= 0.3 is 11.6 Å². The number of amides is 1. The van der Waals surface area contributed by atoms with E-state index >= 15 is 0 Å². The van der Waals surface area contributed by atoms with Gasteiger partial charge in [0, 0.05) is 30.6 Å². The van der Waals surface area contributed by atoms with Crippen molar-refractivity contribution in [2.24, 2.45) is 5.92 Å². The lowest BCUT2D eigenvalue weighted by Crippen LogP contribution is -2.47. The van der Waals surface area contributed by atoms with Gasteiger partial charge in [-0.1, -0.05) is 30.3 Å². The molecule has 0 aliphatic carbocycles. The molecule has 7 heteroatoms. The summed E-state index contributed by atoms with van der Waals surface area (Å²) in [6.45, 7) is 2.57. The topological polar surface area (TPSA) is 86.0 Å². The van der Waals surface area contributed by atoms with E-state index in [1.54, 1.807) is 24.0 Å². The predicted octanol–water partition coefficient (Wildman–Crippen LogP) is 3.64. The summed E-state index contributed by atoms with van der Waals surface area (Å²) in [5.41, 5.74) is 1.61. The van der Waals surface area contributed by atoms with Crippen molar-refractivity contribution in [3.63, 3.8) is 0 Å². The van der Waals surface area contributed by atoms with Crippen molar-refractivity contribution in [1.82, 2.24) is 4.90 Å². The molecular formula is C25H25NO6. The van der Waals surface area contributed by atoms with Crippen LogP contribution in [0, 0.1) is 5.92 Å². The lowest BCUT2D eigenvalue weighted by atomic mass is 9.98. The zero-order chi connectivity index (χ0) is 22.7. The number of piperidine rings is 1. The first-order valence-electron chi connectivity index (χ1n) is 10.6. The number of esters is 1. The van der Waals surface area contributed by atoms with Gasteiger partial charge in [0.05, 0.1) is 13.0 Å². The molecule has 32 heavy (non-hydrogen) atoms. The first kappa shape index (κ1) is 21.6. The van der Waals surface area contributed by atoms with Gasteiger partial charge in [-0.05, 0) is 43.0 Å². The van der Waals surface area contributed by atoms with Crippen LogP contribution in [0.5, 0.6) is 5.75 Å². The highest BCUT2D eigenvalue weighted by Crippen LogP contribution is 2.30. The minimum absolute atomic E-state index is 0.196. The van der Waals surface area contributed by atoms with Gasteiger partial charge in [-0.25, -0.2) is 4.79 Å². The third kappa shape index (κ3) is 4.51. The molecular weight excluding hydrogens is 410 g/mol.